The first kappa shape index (κ1) is 16.0. The Morgan fingerprint density at radius 2 is 1.50 bits per heavy atom. The Hall–Kier alpha value is -0.0800. The largest absolute Gasteiger partial charge is 0.324 e. The fourth-order valence-corrected chi connectivity index (χ4v) is 2.51. The maximum Gasteiger partial charge on any atom is 0.0283 e. The van der Waals surface area contributed by atoms with Crippen molar-refractivity contribution in [2.45, 2.75) is 65.8 Å². The predicted molar refractivity (Wildman–Crippen MR) is 80.7 cm³/mol. The van der Waals surface area contributed by atoms with Crippen LogP contribution < -0.4 is 5.73 Å². The van der Waals surface area contributed by atoms with Crippen molar-refractivity contribution in [2.24, 2.45) is 23.5 Å². The van der Waals surface area contributed by atoms with Gasteiger partial charge in [-0.3, -0.25) is 0 Å². The van der Waals surface area contributed by atoms with Gasteiger partial charge in [0.25, 0.3) is 0 Å². The van der Waals surface area contributed by atoms with Crippen LogP contribution in [0.3, 0.4) is 0 Å². The molecule has 0 aliphatic heterocycles. The van der Waals surface area contributed by atoms with Crippen LogP contribution in [0.4, 0.5) is 0 Å². The van der Waals surface area contributed by atoms with Crippen molar-refractivity contribution in [3.8, 4) is 0 Å². The van der Waals surface area contributed by atoms with Crippen molar-refractivity contribution in [1.82, 2.24) is 4.90 Å². The molecule has 2 N–H and O–H groups in total. The molecule has 1 aliphatic rings. The molecule has 0 aromatic heterocycles. The SMILES string of the molecule is CC(C)CCN(CCC(C)C)CC(C)(N)C1CC1. The summed E-state index contributed by atoms with van der Waals surface area (Å²) in [5.74, 6) is 2.35. The molecule has 0 bridgehead atoms. The van der Waals surface area contributed by atoms with E-state index in [2.05, 4.69) is 39.5 Å². The van der Waals surface area contributed by atoms with E-state index >= 15 is 0 Å². The van der Waals surface area contributed by atoms with E-state index in [1.54, 1.807) is 0 Å². The number of nitrogens with zero attached hydrogens (tertiary/aromatic N) is 1. The minimum Gasteiger partial charge on any atom is -0.324 e. The van der Waals surface area contributed by atoms with E-state index in [0.29, 0.717) is 0 Å². The fraction of sp³-hybridized carbons (Fsp3) is 1.00. The van der Waals surface area contributed by atoms with Crippen LogP contribution in [-0.2, 0) is 0 Å². The van der Waals surface area contributed by atoms with Crippen LogP contribution >= 0.6 is 0 Å². The lowest BCUT2D eigenvalue weighted by atomic mass is 9.95. The normalized spacial score (nSPS) is 19.8. The molecular formula is C16H34N2. The van der Waals surface area contributed by atoms with Gasteiger partial charge in [-0.15, -0.1) is 0 Å². The highest BCUT2D eigenvalue weighted by atomic mass is 15.1. The summed E-state index contributed by atoms with van der Waals surface area (Å²) in [6.07, 6.45) is 5.27. The Morgan fingerprint density at radius 3 is 1.83 bits per heavy atom. The highest BCUT2D eigenvalue weighted by Gasteiger charge is 2.39. The van der Waals surface area contributed by atoms with Crippen molar-refractivity contribution in [3.63, 3.8) is 0 Å². The summed E-state index contributed by atoms with van der Waals surface area (Å²) in [6.45, 7) is 15.0. The molecule has 0 spiro atoms. The van der Waals surface area contributed by atoms with Gasteiger partial charge in [-0.05, 0) is 63.5 Å². The maximum atomic E-state index is 6.49. The fourth-order valence-electron chi connectivity index (χ4n) is 2.51. The second kappa shape index (κ2) is 6.91. The zero-order chi connectivity index (χ0) is 13.8. The quantitative estimate of drug-likeness (QED) is 0.682. The third kappa shape index (κ3) is 6.19. The topological polar surface area (TPSA) is 29.3 Å². The van der Waals surface area contributed by atoms with Gasteiger partial charge in [-0.2, -0.15) is 0 Å². The third-order valence-corrected chi connectivity index (χ3v) is 4.12. The Labute approximate surface area is 114 Å². The summed E-state index contributed by atoms with van der Waals surface area (Å²) < 4.78 is 0. The molecule has 108 valence electrons. The molecule has 1 atom stereocenters. The minimum absolute atomic E-state index is 0.0357. The van der Waals surface area contributed by atoms with Gasteiger partial charge in [-0.25, -0.2) is 0 Å². The minimum atomic E-state index is 0.0357. The summed E-state index contributed by atoms with van der Waals surface area (Å²) in [5.41, 5.74) is 6.53. The summed E-state index contributed by atoms with van der Waals surface area (Å²) in [7, 11) is 0. The lowest BCUT2D eigenvalue weighted by Gasteiger charge is -2.33. The molecule has 0 amide bonds. The molecule has 0 heterocycles. The molecule has 18 heavy (non-hydrogen) atoms. The summed E-state index contributed by atoms with van der Waals surface area (Å²) >= 11 is 0. The van der Waals surface area contributed by atoms with Gasteiger partial charge in [0, 0.05) is 12.1 Å². The van der Waals surface area contributed by atoms with E-state index in [1.165, 1.54) is 38.8 Å². The Kier molecular flexibility index (Phi) is 6.13. The molecule has 2 heteroatoms. The summed E-state index contributed by atoms with van der Waals surface area (Å²) in [5, 5.41) is 0. The zero-order valence-electron chi connectivity index (χ0n) is 13.2. The van der Waals surface area contributed by atoms with Crippen molar-refractivity contribution in [2.75, 3.05) is 19.6 Å². The van der Waals surface area contributed by atoms with Gasteiger partial charge in [0.2, 0.25) is 0 Å². The van der Waals surface area contributed by atoms with Gasteiger partial charge in [-0.1, -0.05) is 27.7 Å². The summed E-state index contributed by atoms with van der Waals surface area (Å²) in [6, 6.07) is 0. The molecule has 0 radical (unpaired) electrons. The van der Waals surface area contributed by atoms with E-state index in [4.69, 9.17) is 5.73 Å². The standard InChI is InChI=1S/C16H34N2/c1-13(2)8-10-18(11-9-14(3)4)12-16(5,17)15-6-7-15/h13-15H,6-12,17H2,1-5H3. The Balaban J connectivity index is 2.41. The van der Waals surface area contributed by atoms with Crippen LogP contribution in [0.25, 0.3) is 0 Å². The molecule has 1 saturated carbocycles. The van der Waals surface area contributed by atoms with Crippen molar-refractivity contribution in [1.29, 1.82) is 0 Å². The van der Waals surface area contributed by atoms with Crippen molar-refractivity contribution < 1.29 is 0 Å². The van der Waals surface area contributed by atoms with E-state index in [9.17, 15) is 0 Å². The second-order valence-electron chi connectivity index (χ2n) is 7.42. The second-order valence-corrected chi connectivity index (χ2v) is 7.42. The average Bonchev–Trinajstić information content (AvgIpc) is 3.05. The monoisotopic (exact) mass is 254 g/mol. The van der Waals surface area contributed by atoms with Crippen molar-refractivity contribution >= 4 is 0 Å². The van der Waals surface area contributed by atoms with E-state index < -0.39 is 0 Å². The van der Waals surface area contributed by atoms with Crippen LogP contribution in [0.2, 0.25) is 0 Å². The highest BCUT2D eigenvalue weighted by molar-refractivity contribution is 4.97. The smallest absolute Gasteiger partial charge is 0.0283 e. The molecule has 1 rings (SSSR count). The molecule has 0 saturated heterocycles. The van der Waals surface area contributed by atoms with Gasteiger partial charge in [0.1, 0.15) is 0 Å². The summed E-state index contributed by atoms with van der Waals surface area (Å²) in [4.78, 5) is 2.61. The van der Waals surface area contributed by atoms with Crippen LogP contribution in [0.1, 0.15) is 60.3 Å². The van der Waals surface area contributed by atoms with Crippen LogP contribution in [0.15, 0.2) is 0 Å². The first-order valence-electron chi connectivity index (χ1n) is 7.82. The first-order valence-corrected chi connectivity index (χ1v) is 7.82. The third-order valence-electron chi connectivity index (χ3n) is 4.12. The molecule has 1 unspecified atom stereocenters. The van der Waals surface area contributed by atoms with E-state index in [0.717, 1.165) is 24.3 Å². The van der Waals surface area contributed by atoms with Gasteiger partial charge < -0.3 is 10.6 Å². The molecule has 0 aromatic rings. The zero-order valence-corrected chi connectivity index (χ0v) is 13.2. The van der Waals surface area contributed by atoms with Crippen LogP contribution in [0.5, 0.6) is 0 Å². The van der Waals surface area contributed by atoms with Crippen LogP contribution in [0, 0.1) is 17.8 Å². The van der Waals surface area contributed by atoms with E-state index in [1.807, 2.05) is 0 Å². The van der Waals surface area contributed by atoms with Gasteiger partial charge in [0.05, 0.1) is 0 Å². The number of hydrogen-bond acceptors (Lipinski definition) is 2. The van der Waals surface area contributed by atoms with E-state index in [-0.39, 0.29) is 5.54 Å². The Bertz CT molecular complexity index is 217. The number of nitrogens with two attached hydrogens (primary N) is 1. The van der Waals surface area contributed by atoms with Gasteiger partial charge in [0.15, 0.2) is 0 Å². The Morgan fingerprint density at radius 1 is 1.06 bits per heavy atom. The molecule has 1 aliphatic carbocycles. The predicted octanol–water partition coefficient (Wildman–Crippen LogP) is 3.51. The molecule has 0 aromatic carbocycles. The molecular weight excluding hydrogens is 220 g/mol. The van der Waals surface area contributed by atoms with Crippen LogP contribution in [-0.4, -0.2) is 30.1 Å². The molecule has 1 fully saturated rings. The maximum absolute atomic E-state index is 6.49. The lowest BCUT2D eigenvalue weighted by molar-refractivity contribution is 0.185. The van der Waals surface area contributed by atoms with Crippen molar-refractivity contribution in [3.05, 3.63) is 0 Å². The van der Waals surface area contributed by atoms with Gasteiger partial charge >= 0.3 is 0 Å². The number of rotatable bonds is 9. The highest BCUT2D eigenvalue weighted by Crippen LogP contribution is 2.38. The lowest BCUT2D eigenvalue weighted by Crippen LogP contribution is -2.50. The molecule has 2 nitrogen and oxygen atoms in total. The number of hydrogen-bond donors (Lipinski definition) is 1. The first-order chi connectivity index (χ1) is 8.31. The average molecular weight is 254 g/mol.